The molecule has 1 aromatic carbocycles. The number of para-hydroxylation sites is 1. The summed E-state index contributed by atoms with van der Waals surface area (Å²) < 4.78 is 1.17. The Bertz CT molecular complexity index is 922. The molecule has 0 aliphatic heterocycles. The number of aromatic nitrogens is 1. The number of carbonyl (C=O) groups is 2. The summed E-state index contributed by atoms with van der Waals surface area (Å²) in [4.78, 5) is 35.5. The zero-order valence-electron chi connectivity index (χ0n) is 13.1. The Kier molecular flexibility index (Phi) is 4.80. The fourth-order valence-electron chi connectivity index (χ4n) is 2.36. The SMILES string of the molecule is Cc1cc(C)n(CC(=O)Nc2ccccc2C(=O)[O-])c(=O)c1C#N. The van der Waals surface area contributed by atoms with Crippen molar-refractivity contribution in [3.05, 3.63) is 63.1 Å². The highest BCUT2D eigenvalue weighted by Crippen LogP contribution is 2.14. The number of aromatic carboxylic acids is 1. The number of pyridine rings is 1. The van der Waals surface area contributed by atoms with Crippen LogP contribution in [0, 0.1) is 25.2 Å². The minimum Gasteiger partial charge on any atom is -0.545 e. The summed E-state index contributed by atoms with van der Waals surface area (Å²) in [6, 6.07) is 9.28. The second-order valence-corrected chi connectivity index (χ2v) is 5.23. The van der Waals surface area contributed by atoms with Crippen LogP contribution in [0.15, 0.2) is 35.1 Å². The Morgan fingerprint density at radius 3 is 2.58 bits per heavy atom. The van der Waals surface area contributed by atoms with Gasteiger partial charge in [-0.05, 0) is 31.5 Å². The van der Waals surface area contributed by atoms with E-state index in [9.17, 15) is 19.5 Å². The van der Waals surface area contributed by atoms with Crippen LogP contribution in [0.2, 0.25) is 0 Å². The van der Waals surface area contributed by atoms with Gasteiger partial charge in [0.25, 0.3) is 5.56 Å². The van der Waals surface area contributed by atoms with Crippen LogP contribution in [0.4, 0.5) is 5.69 Å². The summed E-state index contributed by atoms with van der Waals surface area (Å²) >= 11 is 0. The Labute approximate surface area is 137 Å². The standard InChI is InChI=1S/C17H15N3O4/c1-10-7-11(2)20(16(22)13(10)8-18)9-15(21)19-14-6-4-3-5-12(14)17(23)24/h3-7H,9H2,1-2H3,(H,19,21)(H,23,24)/p-1. The fraction of sp³-hybridized carbons (Fsp3) is 0.176. The quantitative estimate of drug-likeness (QED) is 0.870. The van der Waals surface area contributed by atoms with Crippen molar-refractivity contribution in [2.75, 3.05) is 5.32 Å². The van der Waals surface area contributed by atoms with Crippen LogP contribution < -0.4 is 16.0 Å². The van der Waals surface area contributed by atoms with E-state index >= 15 is 0 Å². The van der Waals surface area contributed by atoms with Crippen molar-refractivity contribution in [1.82, 2.24) is 4.57 Å². The van der Waals surface area contributed by atoms with Crippen molar-refractivity contribution in [2.24, 2.45) is 0 Å². The Morgan fingerprint density at radius 2 is 1.96 bits per heavy atom. The average molecular weight is 324 g/mol. The Morgan fingerprint density at radius 1 is 1.29 bits per heavy atom. The van der Waals surface area contributed by atoms with Crippen molar-refractivity contribution in [1.29, 1.82) is 5.26 Å². The number of amides is 1. The van der Waals surface area contributed by atoms with Crippen LogP contribution >= 0.6 is 0 Å². The number of carbonyl (C=O) groups excluding carboxylic acids is 2. The lowest BCUT2D eigenvalue weighted by molar-refractivity contribution is -0.254. The molecule has 7 nitrogen and oxygen atoms in total. The van der Waals surface area contributed by atoms with E-state index in [1.54, 1.807) is 26.0 Å². The van der Waals surface area contributed by atoms with Gasteiger partial charge in [0.15, 0.2) is 0 Å². The maximum atomic E-state index is 12.3. The first-order chi connectivity index (χ1) is 11.3. The lowest BCUT2D eigenvalue weighted by Gasteiger charge is -2.14. The molecule has 0 radical (unpaired) electrons. The minimum atomic E-state index is -1.42. The molecule has 0 fully saturated rings. The normalized spacial score (nSPS) is 10.0. The van der Waals surface area contributed by atoms with Crippen LogP contribution in [0.25, 0.3) is 0 Å². The molecule has 2 aromatic rings. The van der Waals surface area contributed by atoms with E-state index in [0.717, 1.165) is 0 Å². The predicted octanol–water partition coefficient (Wildman–Crippen LogP) is 0.339. The molecule has 0 unspecified atom stereocenters. The molecule has 0 aliphatic carbocycles. The molecule has 0 saturated carbocycles. The molecular formula is C17H14N3O4-. The van der Waals surface area contributed by atoms with E-state index in [1.165, 1.54) is 22.8 Å². The van der Waals surface area contributed by atoms with Gasteiger partial charge in [-0.15, -0.1) is 0 Å². The van der Waals surface area contributed by atoms with Crippen molar-refractivity contribution in [2.45, 2.75) is 20.4 Å². The van der Waals surface area contributed by atoms with Gasteiger partial charge in [0.1, 0.15) is 18.2 Å². The lowest BCUT2D eigenvalue weighted by Crippen LogP contribution is -2.32. The summed E-state index contributed by atoms with van der Waals surface area (Å²) in [5.41, 5.74) is 0.415. The first-order valence-corrected chi connectivity index (χ1v) is 7.06. The summed E-state index contributed by atoms with van der Waals surface area (Å²) in [5, 5.41) is 22.5. The highest BCUT2D eigenvalue weighted by molar-refractivity contribution is 5.99. The van der Waals surface area contributed by atoms with Crippen LogP contribution in [0.1, 0.15) is 27.2 Å². The molecule has 2 rings (SSSR count). The van der Waals surface area contributed by atoms with Crippen LogP contribution in [-0.4, -0.2) is 16.4 Å². The van der Waals surface area contributed by atoms with E-state index in [2.05, 4.69) is 5.32 Å². The largest absolute Gasteiger partial charge is 0.545 e. The molecule has 0 saturated heterocycles. The number of anilines is 1. The van der Waals surface area contributed by atoms with Gasteiger partial charge in [-0.3, -0.25) is 9.59 Å². The molecule has 0 atom stereocenters. The van der Waals surface area contributed by atoms with Crippen molar-refractivity contribution in [3.63, 3.8) is 0 Å². The number of carboxylic acids is 1. The van der Waals surface area contributed by atoms with Gasteiger partial charge in [-0.25, -0.2) is 0 Å². The molecule has 0 spiro atoms. The van der Waals surface area contributed by atoms with Gasteiger partial charge in [0, 0.05) is 16.9 Å². The Balaban J connectivity index is 2.31. The number of hydrogen-bond donors (Lipinski definition) is 1. The van der Waals surface area contributed by atoms with Gasteiger partial charge in [0.05, 0.1) is 5.97 Å². The van der Waals surface area contributed by atoms with Crippen molar-refractivity contribution in [3.8, 4) is 6.07 Å². The van der Waals surface area contributed by atoms with E-state index in [0.29, 0.717) is 11.3 Å². The molecule has 1 heterocycles. The average Bonchev–Trinajstić information content (AvgIpc) is 2.52. The first kappa shape index (κ1) is 17.0. The van der Waals surface area contributed by atoms with E-state index in [4.69, 9.17) is 5.26 Å². The third kappa shape index (κ3) is 3.33. The molecule has 1 amide bonds. The molecule has 122 valence electrons. The second-order valence-electron chi connectivity index (χ2n) is 5.23. The third-order valence-electron chi connectivity index (χ3n) is 3.54. The second kappa shape index (κ2) is 6.79. The number of benzene rings is 1. The fourth-order valence-corrected chi connectivity index (χ4v) is 2.36. The highest BCUT2D eigenvalue weighted by atomic mass is 16.4. The van der Waals surface area contributed by atoms with Crippen LogP contribution in [0.5, 0.6) is 0 Å². The smallest absolute Gasteiger partial charge is 0.269 e. The lowest BCUT2D eigenvalue weighted by atomic mass is 10.1. The minimum absolute atomic E-state index is 0.0245. The van der Waals surface area contributed by atoms with Gasteiger partial charge in [-0.2, -0.15) is 5.26 Å². The summed E-state index contributed by atoms with van der Waals surface area (Å²) in [7, 11) is 0. The van der Waals surface area contributed by atoms with E-state index in [1.807, 2.05) is 6.07 Å². The van der Waals surface area contributed by atoms with Crippen LogP contribution in [-0.2, 0) is 11.3 Å². The van der Waals surface area contributed by atoms with E-state index in [-0.39, 0.29) is 23.4 Å². The first-order valence-electron chi connectivity index (χ1n) is 7.06. The van der Waals surface area contributed by atoms with Crippen molar-refractivity contribution < 1.29 is 14.7 Å². The zero-order valence-corrected chi connectivity index (χ0v) is 13.1. The number of hydrogen-bond acceptors (Lipinski definition) is 5. The number of nitrogens with zero attached hydrogens (tertiary/aromatic N) is 2. The summed E-state index contributed by atoms with van der Waals surface area (Å²) in [6.45, 7) is 2.96. The molecular weight excluding hydrogens is 310 g/mol. The molecule has 1 N–H and O–H groups in total. The monoisotopic (exact) mass is 324 g/mol. The maximum absolute atomic E-state index is 12.3. The molecule has 1 aromatic heterocycles. The molecule has 24 heavy (non-hydrogen) atoms. The summed E-state index contributed by atoms with van der Waals surface area (Å²) in [6.07, 6.45) is 0. The van der Waals surface area contributed by atoms with Gasteiger partial charge >= 0.3 is 0 Å². The predicted molar refractivity (Wildman–Crippen MR) is 84.3 cm³/mol. The highest BCUT2D eigenvalue weighted by Gasteiger charge is 2.14. The number of carboxylic acid groups (broad SMARTS) is 1. The van der Waals surface area contributed by atoms with Gasteiger partial charge in [-0.1, -0.05) is 18.2 Å². The number of nitrogens with one attached hydrogen (secondary N) is 1. The van der Waals surface area contributed by atoms with Crippen LogP contribution in [0.3, 0.4) is 0 Å². The maximum Gasteiger partial charge on any atom is 0.269 e. The molecule has 0 aliphatic rings. The topological polar surface area (TPSA) is 115 Å². The molecule has 0 bridgehead atoms. The van der Waals surface area contributed by atoms with Gasteiger partial charge < -0.3 is 19.8 Å². The number of aryl methyl sites for hydroxylation is 2. The number of rotatable bonds is 4. The van der Waals surface area contributed by atoms with Crippen molar-refractivity contribution >= 4 is 17.6 Å². The molecule has 7 heteroatoms. The number of nitriles is 1. The van der Waals surface area contributed by atoms with Gasteiger partial charge in [0.2, 0.25) is 5.91 Å². The summed E-state index contributed by atoms with van der Waals surface area (Å²) in [5.74, 6) is -2.00. The Hall–Kier alpha value is -3.40. The van der Waals surface area contributed by atoms with E-state index < -0.39 is 17.4 Å². The third-order valence-corrected chi connectivity index (χ3v) is 3.54. The zero-order chi connectivity index (χ0) is 17.9.